The molecule has 0 aliphatic carbocycles. The highest BCUT2D eigenvalue weighted by atomic mass is 32.2. The molecule has 1 N–H and O–H groups in total. The molecule has 0 bridgehead atoms. The van der Waals surface area contributed by atoms with Gasteiger partial charge in [0.15, 0.2) is 0 Å². The number of β-amino-alcohol motifs (C(OH)–C–C–N with tert-alkyl or cyclic N) is 1. The van der Waals surface area contributed by atoms with Gasteiger partial charge in [-0.15, -0.1) is 11.3 Å². The van der Waals surface area contributed by atoms with Crippen LogP contribution in [0.2, 0.25) is 0 Å². The number of nitrogens with zero attached hydrogens (tertiary/aromatic N) is 3. The van der Waals surface area contributed by atoms with Gasteiger partial charge in [-0.1, -0.05) is 0 Å². The van der Waals surface area contributed by atoms with E-state index in [1.54, 1.807) is 15.6 Å². The zero-order chi connectivity index (χ0) is 18.0. The standard InChI is InChI=1S/C17H29N3O3S2/c1-14-13-17(15(2)24-14)25(22,23)20-5-3-16(4-6-20)19-9-7-18(8-10-19)11-12-21/h13,16,21H,3-12H2,1-2H3. The van der Waals surface area contributed by atoms with Gasteiger partial charge in [-0.3, -0.25) is 9.80 Å². The van der Waals surface area contributed by atoms with Crippen molar-refractivity contribution in [3.05, 3.63) is 15.8 Å². The van der Waals surface area contributed by atoms with Crippen molar-refractivity contribution >= 4 is 21.4 Å². The number of hydrogen-bond donors (Lipinski definition) is 1. The van der Waals surface area contributed by atoms with Gasteiger partial charge in [0.2, 0.25) is 10.0 Å². The van der Waals surface area contributed by atoms with Gasteiger partial charge in [-0.2, -0.15) is 4.31 Å². The lowest BCUT2D eigenvalue weighted by molar-refractivity contribution is 0.0645. The molecule has 2 aliphatic rings. The first-order valence-electron chi connectivity index (χ1n) is 9.06. The number of piperidine rings is 1. The van der Waals surface area contributed by atoms with E-state index >= 15 is 0 Å². The third-order valence-corrected chi connectivity index (χ3v) is 8.50. The van der Waals surface area contributed by atoms with Crippen LogP contribution in [-0.2, 0) is 10.0 Å². The highest BCUT2D eigenvalue weighted by Gasteiger charge is 2.33. The lowest BCUT2D eigenvalue weighted by Crippen LogP contribution is -2.54. The SMILES string of the molecule is Cc1cc(S(=O)(=O)N2CCC(N3CCN(CCO)CC3)CC2)c(C)s1. The number of rotatable bonds is 5. The number of piperazine rings is 1. The largest absolute Gasteiger partial charge is 0.395 e. The Labute approximate surface area is 155 Å². The van der Waals surface area contributed by atoms with Crippen molar-refractivity contribution in [2.45, 2.75) is 37.6 Å². The van der Waals surface area contributed by atoms with Crippen LogP contribution in [0, 0.1) is 13.8 Å². The summed E-state index contributed by atoms with van der Waals surface area (Å²) in [6, 6.07) is 2.29. The number of aliphatic hydroxyl groups excluding tert-OH is 1. The minimum atomic E-state index is -3.35. The normalized spacial score (nSPS) is 22.5. The summed E-state index contributed by atoms with van der Waals surface area (Å²) in [5.74, 6) is 0. The van der Waals surface area contributed by atoms with Crippen LogP contribution in [0.3, 0.4) is 0 Å². The zero-order valence-corrected chi connectivity index (χ0v) is 16.8. The quantitative estimate of drug-likeness (QED) is 0.821. The van der Waals surface area contributed by atoms with Crippen LogP contribution in [0.1, 0.15) is 22.6 Å². The second-order valence-corrected chi connectivity index (χ2v) is 10.4. The summed E-state index contributed by atoms with van der Waals surface area (Å²) in [5, 5.41) is 9.04. The Bertz CT molecular complexity index is 673. The van der Waals surface area contributed by atoms with Crippen LogP contribution in [0.4, 0.5) is 0 Å². The predicted octanol–water partition coefficient (Wildman–Crippen LogP) is 1.13. The van der Waals surface area contributed by atoms with Gasteiger partial charge < -0.3 is 5.11 Å². The van der Waals surface area contributed by atoms with Gasteiger partial charge >= 0.3 is 0 Å². The first kappa shape index (κ1) is 19.3. The molecule has 25 heavy (non-hydrogen) atoms. The molecule has 0 spiro atoms. The second-order valence-electron chi connectivity index (χ2n) is 7.01. The summed E-state index contributed by atoms with van der Waals surface area (Å²) in [4.78, 5) is 7.22. The van der Waals surface area contributed by atoms with Gasteiger partial charge in [0.25, 0.3) is 0 Å². The maximum atomic E-state index is 12.9. The molecular weight excluding hydrogens is 358 g/mol. The van der Waals surface area contributed by atoms with E-state index in [0.717, 1.165) is 55.3 Å². The van der Waals surface area contributed by atoms with Crippen molar-refractivity contribution in [1.29, 1.82) is 0 Å². The average Bonchev–Trinajstić information content (AvgIpc) is 2.95. The van der Waals surface area contributed by atoms with Crippen LogP contribution in [0.5, 0.6) is 0 Å². The minimum Gasteiger partial charge on any atom is -0.395 e. The molecule has 2 saturated heterocycles. The van der Waals surface area contributed by atoms with E-state index in [0.29, 0.717) is 24.0 Å². The molecule has 0 amide bonds. The lowest BCUT2D eigenvalue weighted by Gasteiger charge is -2.42. The highest BCUT2D eigenvalue weighted by Crippen LogP contribution is 2.30. The molecule has 142 valence electrons. The van der Waals surface area contributed by atoms with E-state index in [2.05, 4.69) is 9.80 Å². The van der Waals surface area contributed by atoms with Crippen molar-refractivity contribution in [1.82, 2.24) is 14.1 Å². The van der Waals surface area contributed by atoms with Crippen molar-refractivity contribution in [3.8, 4) is 0 Å². The number of thiophene rings is 1. The molecule has 2 fully saturated rings. The Morgan fingerprint density at radius 2 is 1.76 bits per heavy atom. The number of aryl methyl sites for hydroxylation is 2. The summed E-state index contributed by atoms with van der Waals surface area (Å²) in [5.41, 5.74) is 0. The van der Waals surface area contributed by atoms with Crippen LogP contribution in [0.25, 0.3) is 0 Å². The van der Waals surface area contributed by atoms with Gasteiger partial charge in [-0.05, 0) is 32.8 Å². The smallest absolute Gasteiger partial charge is 0.244 e. The van der Waals surface area contributed by atoms with Gasteiger partial charge in [-0.25, -0.2) is 8.42 Å². The molecule has 8 heteroatoms. The van der Waals surface area contributed by atoms with Crippen LogP contribution in [-0.4, -0.2) is 86.1 Å². The van der Waals surface area contributed by atoms with Crippen LogP contribution >= 0.6 is 11.3 Å². The number of sulfonamides is 1. The molecule has 6 nitrogen and oxygen atoms in total. The Morgan fingerprint density at radius 1 is 1.12 bits per heavy atom. The maximum Gasteiger partial charge on any atom is 0.244 e. The third-order valence-electron chi connectivity index (χ3n) is 5.38. The van der Waals surface area contributed by atoms with Crippen molar-refractivity contribution in [2.75, 3.05) is 52.4 Å². The first-order valence-corrected chi connectivity index (χ1v) is 11.3. The fourth-order valence-corrected chi connectivity index (χ4v) is 6.94. The lowest BCUT2D eigenvalue weighted by atomic mass is 10.0. The van der Waals surface area contributed by atoms with E-state index in [1.807, 2.05) is 19.9 Å². The summed E-state index contributed by atoms with van der Waals surface area (Å²) in [7, 11) is -3.35. The average molecular weight is 388 g/mol. The highest BCUT2D eigenvalue weighted by molar-refractivity contribution is 7.89. The maximum absolute atomic E-state index is 12.9. The van der Waals surface area contributed by atoms with E-state index < -0.39 is 10.0 Å². The van der Waals surface area contributed by atoms with E-state index in [4.69, 9.17) is 5.11 Å². The molecule has 0 unspecified atom stereocenters. The summed E-state index contributed by atoms with van der Waals surface area (Å²) < 4.78 is 27.5. The van der Waals surface area contributed by atoms with Gasteiger partial charge in [0.05, 0.1) is 11.5 Å². The van der Waals surface area contributed by atoms with Crippen molar-refractivity contribution in [2.24, 2.45) is 0 Å². The molecule has 1 aromatic rings. The molecule has 0 saturated carbocycles. The summed E-state index contributed by atoms with van der Waals surface area (Å²) in [6.07, 6.45) is 1.81. The number of hydrogen-bond acceptors (Lipinski definition) is 6. The number of aliphatic hydroxyl groups is 1. The first-order chi connectivity index (χ1) is 11.9. The molecule has 0 aromatic carbocycles. The fourth-order valence-electron chi connectivity index (χ4n) is 3.94. The molecule has 1 aromatic heterocycles. The molecule has 3 heterocycles. The minimum absolute atomic E-state index is 0.220. The fraction of sp³-hybridized carbons (Fsp3) is 0.765. The molecule has 0 radical (unpaired) electrons. The molecule has 0 atom stereocenters. The monoisotopic (exact) mass is 387 g/mol. The summed E-state index contributed by atoms with van der Waals surface area (Å²) in [6.45, 7) is 10.1. The third kappa shape index (κ3) is 4.26. The molecular formula is C17H29N3O3S2. The predicted molar refractivity (Wildman–Crippen MR) is 101 cm³/mol. The Hall–Kier alpha value is -0.510. The zero-order valence-electron chi connectivity index (χ0n) is 15.1. The van der Waals surface area contributed by atoms with Gasteiger partial charge in [0.1, 0.15) is 0 Å². The Kier molecular flexibility index (Phi) is 6.18. The Balaban J connectivity index is 1.56. The van der Waals surface area contributed by atoms with Crippen molar-refractivity contribution < 1.29 is 13.5 Å². The van der Waals surface area contributed by atoms with Crippen LogP contribution < -0.4 is 0 Å². The van der Waals surface area contributed by atoms with E-state index in [1.165, 1.54) is 0 Å². The molecule has 2 aliphatic heterocycles. The van der Waals surface area contributed by atoms with Crippen molar-refractivity contribution in [3.63, 3.8) is 0 Å². The van der Waals surface area contributed by atoms with Crippen LogP contribution in [0.15, 0.2) is 11.0 Å². The Morgan fingerprint density at radius 3 is 2.28 bits per heavy atom. The molecule has 3 rings (SSSR count). The van der Waals surface area contributed by atoms with Gasteiger partial charge in [0, 0.05) is 61.6 Å². The second kappa shape index (κ2) is 8.02. The van der Waals surface area contributed by atoms with E-state index in [-0.39, 0.29) is 6.61 Å². The topological polar surface area (TPSA) is 64.1 Å². The summed E-state index contributed by atoms with van der Waals surface area (Å²) >= 11 is 1.55. The van der Waals surface area contributed by atoms with E-state index in [9.17, 15) is 8.42 Å².